The van der Waals surface area contributed by atoms with Crippen molar-refractivity contribution in [2.45, 2.75) is 6.42 Å². The highest BCUT2D eigenvalue weighted by Crippen LogP contribution is 2.35. The minimum absolute atomic E-state index is 0.0264. The Morgan fingerprint density at radius 3 is 2.68 bits per heavy atom. The second-order valence-electron chi connectivity index (χ2n) is 4.59. The number of benzene rings is 1. The lowest BCUT2D eigenvalue weighted by Gasteiger charge is -2.15. The largest absolute Gasteiger partial charge is 0.495 e. The molecular weight excluding hydrogens is 328 g/mol. The maximum atomic E-state index is 12.0. The summed E-state index contributed by atoms with van der Waals surface area (Å²) in [5.74, 6) is 1.48. The monoisotopic (exact) mass is 344 g/mol. The summed E-state index contributed by atoms with van der Waals surface area (Å²) in [6, 6.07) is 3.19. The van der Waals surface area contributed by atoms with Gasteiger partial charge in [0.2, 0.25) is 5.91 Å². The molecular formula is C14H17ClN2O4S. The van der Waals surface area contributed by atoms with Gasteiger partial charge in [-0.3, -0.25) is 9.59 Å². The van der Waals surface area contributed by atoms with Gasteiger partial charge in [0.05, 0.1) is 24.9 Å². The molecule has 1 aromatic carbocycles. The van der Waals surface area contributed by atoms with E-state index in [4.69, 9.17) is 21.1 Å². The first-order valence-electron chi connectivity index (χ1n) is 6.68. The molecule has 0 aromatic heterocycles. The number of nitrogens with zero attached hydrogens (tertiary/aromatic N) is 1. The van der Waals surface area contributed by atoms with Gasteiger partial charge in [-0.1, -0.05) is 23.4 Å². The Balaban J connectivity index is 1.99. The molecule has 1 N–H and O–H groups in total. The predicted molar refractivity (Wildman–Crippen MR) is 87.2 cm³/mol. The normalized spacial score (nSPS) is 14.1. The number of ether oxygens (including phenoxy) is 2. The summed E-state index contributed by atoms with van der Waals surface area (Å²) in [5, 5.41) is 3.18. The fourth-order valence-electron chi connectivity index (χ4n) is 2.04. The molecule has 0 spiro atoms. The van der Waals surface area contributed by atoms with E-state index < -0.39 is 0 Å². The smallest absolute Gasteiger partial charge is 0.281 e. The van der Waals surface area contributed by atoms with Crippen molar-refractivity contribution in [1.29, 1.82) is 0 Å². The first-order chi connectivity index (χ1) is 10.5. The van der Waals surface area contributed by atoms with Gasteiger partial charge in [0.25, 0.3) is 5.24 Å². The highest BCUT2D eigenvalue weighted by molar-refractivity contribution is 8.13. The van der Waals surface area contributed by atoms with E-state index in [0.717, 1.165) is 5.75 Å². The molecule has 6 nitrogen and oxygen atoms in total. The molecule has 1 heterocycles. The van der Waals surface area contributed by atoms with Crippen molar-refractivity contribution in [3.05, 3.63) is 17.2 Å². The molecule has 2 rings (SSSR count). The third-order valence-corrected chi connectivity index (χ3v) is 4.39. The zero-order valence-electron chi connectivity index (χ0n) is 12.3. The molecule has 1 aliphatic heterocycles. The zero-order chi connectivity index (χ0) is 16.1. The van der Waals surface area contributed by atoms with E-state index >= 15 is 0 Å². The molecule has 0 unspecified atom stereocenters. The van der Waals surface area contributed by atoms with E-state index in [1.165, 1.54) is 26.0 Å². The van der Waals surface area contributed by atoms with Gasteiger partial charge in [-0.2, -0.15) is 0 Å². The van der Waals surface area contributed by atoms with Crippen LogP contribution >= 0.6 is 23.4 Å². The average Bonchev–Trinajstić information content (AvgIpc) is 2.91. The van der Waals surface area contributed by atoms with Gasteiger partial charge in [0.15, 0.2) is 0 Å². The molecule has 0 saturated carbocycles. The third-order valence-electron chi connectivity index (χ3n) is 3.20. The number of hydrogen-bond donors (Lipinski definition) is 1. The van der Waals surface area contributed by atoms with Gasteiger partial charge in [-0.25, -0.2) is 0 Å². The molecule has 1 aromatic rings. The topological polar surface area (TPSA) is 67.9 Å². The number of carbonyl (C=O) groups is 2. The van der Waals surface area contributed by atoms with Gasteiger partial charge in [0.1, 0.15) is 11.5 Å². The van der Waals surface area contributed by atoms with Crippen LogP contribution in [0.1, 0.15) is 6.42 Å². The van der Waals surface area contributed by atoms with Crippen molar-refractivity contribution < 1.29 is 19.1 Å². The summed E-state index contributed by atoms with van der Waals surface area (Å²) in [7, 11) is 2.99. The molecule has 2 amide bonds. The lowest BCUT2D eigenvalue weighted by molar-refractivity contribution is -0.116. The SMILES string of the molecule is COc1cc(NC(=O)CCN2CCSC2=O)c(OC)cc1Cl. The van der Waals surface area contributed by atoms with Crippen molar-refractivity contribution in [2.75, 3.05) is 38.4 Å². The molecule has 1 fully saturated rings. The van der Waals surface area contributed by atoms with E-state index in [2.05, 4.69) is 5.32 Å². The lowest BCUT2D eigenvalue weighted by atomic mass is 10.2. The van der Waals surface area contributed by atoms with Crippen LogP contribution in [0.15, 0.2) is 12.1 Å². The third kappa shape index (κ3) is 3.98. The number of rotatable bonds is 6. The first kappa shape index (κ1) is 16.8. The molecule has 1 aliphatic rings. The average molecular weight is 345 g/mol. The molecule has 0 radical (unpaired) electrons. The summed E-state index contributed by atoms with van der Waals surface area (Å²) in [4.78, 5) is 25.2. The van der Waals surface area contributed by atoms with Crippen LogP contribution in [0.5, 0.6) is 11.5 Å². The molecule has 22 heavy (non-hydrogen) atoms. The van der Waals surface area contributed by atoms with E-state index in [1.54, 1.807) is 17.0 Å². The van der Waals surface area contributed by atoms with Crippen LogP contribution < -0.4 is 14.8 Å². The molecule has 8 heteroatoms. The number of halogens is 1. The standard InChI is InChI=1S/C14H17ClN2O4S/c1-20-11-8-10(12(21-2)7-9(11)15)16-13(18)3-4-17-5-6-22-14(17)19/h7-8H,3-6H2,1-2H3,(H,16,18). The number of nitrogens with one attached hydrogen (secondary N) is 1. The fraction of sp³-hybridized carbons (Fsp3) is 0.429. The van der Waals surface area contributed by atoms with Crippen molar-refractivity contribution in [3.63, 3.8) is 0 Å². The van der Waals surface area contributed by atoms with E-state index in [9.17, 15) is 9.59 Å². The Morgan fingerprint density at radius 1 is 1.36 bits per heavy atom. The number of carbonyl (C=O) groups excluding carboxylic acids is 2. The summed E-state index contributed by atoms with van der Waals surface area (Å²) in [6.07, 6.45) is 0.223. The summed E-state index contributed by atoms with van der Waals surface area (Å²) in [5.41, 5.74) is 0.482. The quantitative estimate of drug-likeness (QED) is 0.859. The molecule has 0 atom stereocenters. The predicted octanol–water partition coefficient (Wildman–Crippen LogP) is 2.85. The fourth-order valence-corrected chi connectivity index (χ4v) is 3.12. The van der Waals surface area contributed by atoms with Crippen LogP contribution in [-0.2, 0) is 4.79 Å². The number of hydrogen-bond acceptors (Lipinski definition) is 5. The van der Waals surface area contributed by atoms with Gasteiger partial charge in [-0.05, 0) is 0 Å². The van der Waals surface area contributed by atoms with Crippen LogP contribution in [0.25, 0.3) is 0 Å². The molecule has 120 valence electrons. The number of anilines is 1. The summed E-state index contributed by atoms with van der Waals surface area (Å²) >= 11 is 7.29. The van der Waals surface area contributed by atoms with Crippen molar-refractivity contribution in [3.8, 4) is 11.5 Å². The van der Waals surface area contributed by atoms with Gasteiger partial charge >= 0.3 is 0 Å². The Morgan fingerprint density at radius 2 is 2.09 bits per heavy atom. The second kappa shape index (κ2) is 7.60. The summed E-state index contributed by atoms with van der Waals surface area (Å²) in [6.45, 7) is 1.10. The van der Waals surface area contributed by atoms with Crippen molar-refractivity contribution in [1.82, 2.24) is 4.90 Å². The van der Waals surface area contributed by atoms with Gasteiger partial charge in [-0.15, -0.1) is 0 Å². The zero-order valence-corrected chi connectivity index (χ0v) is 13.9. The Hall–Kier alpha value is -1.60. The van der Waals surface area contributed by atoms with Crippen molar-refractivity contribution >= 4 is 40.2 Å². The second-order valence-corrected chi connectivity index (χ2v) is 6.04. The maximum absolute atomic E-state index is 12.0. The molecule has 1 saturated heterocycles. The van der Waals surface area contributed by atoms with Crippen molar-refractivity contribution in [2.24, 2.45) is 0 Å². The molecule has 0 bridgehead atoms. The Labute approximate surface area is 138 Å². The van der Waals surface area contributed by atoms with E-state index in [-0.39, 0.29) is 17.6 Å². The molecule has 0 aliphatic carbocycles. The van der Waals surface area contributed by atoms with E-state index in [0.29, 0.717) is 35.3 Å². The minimum Gasteiger partial charge on any atom is -0.495 e. The summed E-state index contributed by atoms with van der Waals surface area (Å²) < 4.78 is 10.3. The van der Waals surface area contributed by atoms with Gasteiger partial charge < -0.3 is 19.7 Å². The van der Waals surface area contributed by atoms with Crippen LogP contribution in [0.2, 0.25) is 5.02 Å². The number of methoxy groups -OCH3 is 2. The highest BCUT2D eigenvalue weighted by Gasteiger charge is 2.21. The maximum Gasteiger partial charge on any atom is 0.281 e. The van der Waals surface area contributed by atoms with Gasteiger partial charge in [0, 0.05) is 37.4 Å². The highest BCUT2D eigenvalue weighted by atomic mass is 35.5. The lowest BCUT2D eigenvalue weighted by Crippen LogP contribution is -2.27. The van der Waals surface area contributed by atoms with E-state index in [1.807, 2.05) is 0 Å². The van der Waals surface area contributed by atoms with Crippen LogP contribution in [0, 0.1) is 0 Å². The number of amides is 2. The first-order valence-corrected chi connectivity index (χ1v) is 8.04. The van der Waals surface area contributed by atoms with Crippen LogP contribution in [-0.4, -0.2) is 49.1 Å². The Kier molecular flexibility index (Phi) is 5.79. The van der Waals surface area contributed by atoms with Crippen LogP contribution in [0.4, 0.5) is 10.5 Å². The Bertz CT molecular complexity index is 582. The van der Waals surface area contributed by atoms with Crippen LogP contribution in [0.3, 0.4) is 0 Å². The minimum atomic E-state index is -0.202. The number of thioether (sulfide) groups is 1.